The van der Waals surface area contributed by atoms with Crippen molar-refractivity contribution in [2.75, 3.05) is 6.79 Å². The maximum Gasteiger partial charge on any atom is 0.231 e. The Labute approximate surface area is 133 Å². The minimum atomic E-state index is 0.266. The van der Waals surface area contributed by atoms with Gasteiger partial charge >= 0.3 is 0 Å². The fourth-order valence-corrected chi connectivity index (χ4v) is 2.10. The van der Waals surface area contributed by atoms with Crippen molar-refractivity contribution in [3.63, 3.8) is 0 Å². The van der Waals surface area contributed by atoms with Gasteiger partial charge < -0.3 is 14.8 Å². The van der Waals surface area contributed by atoms with Gasteiger partial charge in [-0.3, -0.25) is 5.43 Å². The summed E-state index contributed by atoms with van der Waals surface area (Å²) >= 11 is 5.17. The van der Waals surface area contributed by atoms with E-state index in [4.69, 9.17) is 21.7 Å². The second-order valence-electron chi connectivity index (χ2n) is 4.65. The molecule has 0 saturated carbocycles. The third-order valence-corrected chi connectivity index (χ3v) is 3.31. The van der Waals surface area contributed by atoms with Gasteiger partial charge in [0.1, 0.15) is 0 Å². The molecule has 0 saturated heterocycles. The van der Waals surface area contributed by atoms with Crippen LogP contribution < -0.4 is 20.2 Å². The topological polar surface area (TPSA) is 54.9 Å². The van der Waals surface area contributed by atoms with Crippen molar-refractivity contribution in [3.05, 3.63) is 59.7 Å². The molecule has 0 aliphatic carbocycles. The molecular weight excluding hydrogens is 298 g/mol. The van der Waals surface area contributed by atoms with Gasteiger partial charge in [0.2, 0.25) is 6.79 Å². The molecule has 0 amide bonds. The number of nitrogens with one attached hydrogen (secondary N) is 2. The Kier molecular flexibility index (Phi) is 4.50. The van der Waals surface area contributed by atoms with Crippen molar-refractivity contribution in [2.45, 2.75) is 6.54 Å². The Balaban J connectivity index is 1.48. The first-order valence-electron chi connectivity index (χ1n) is 6.82. The Bertz CT molecular complexity index is 689. The molecule has 0 unspecified atom stereocenters. The first-order valence-corrected chi connectivity index (χ1v) is 7.22. The molecule has 1 heterocycles. The normalized spacial score (nSPS) is 12.4. The fraction of sp³-hybridized carbons (Fsp3) is 0.125. The van der Waals surface area contributed by atoms with Crippen LogP contribution in [-0.4, -0.2) is 18.1 Å². The van der Waals surface area contributed by atoms with E-state index in [2.05, 4.69) is 15.8 Å². The first-order chi connectivity index (χ1) is 10.8. The van der Waals surface area contributed by atoms with E-state index in [1.165, 1.54) is 0 Å². The number of hydrazone groups is 1. The number of benzene rings is 2. The van der Waals surface area contributed by atoms with Crippen LogP contribution in [0.3, 0.4) is 0 Å². The van der Waals surface area contributed by atoms with E-state index in [1.54, 1.807) is 6.21 Å². The van der Waals surface area contributed by atoms with Gasteiger partial charge in [0, 0.05) is 6.54 Å². The van der Waals surface area contributed by atoms with Crippen molar-refractivity contribution < 1.29 is 9.47 Å². The minimum absolute atomic E-state index is 0.266. The van der Waals surface area contributed by atoms with Gasteiger partial charge in [-0.25, -0.2) is 0 Å². The number of rotatable bonds is 4. The summed E-state index contributed by atoms with van der Waals surface area (Å²) in [6, 6.07) is 15.7. The summed E-state index contributed by atoms with van der Waals surface area (Å²) in [6.45, 7) is 0.924. The summed E-state index contributed by atoms with van der Waals surface area (Å²) in [6.07, 6.45) is 1.68. The number of hydrogen-bond acceptors (Lipinski definition) is 4. The highest BCUT2D eigenvalue weighted by atomic mass is 32.1. The average Bonchev–Trinajstić information content (AvgIpc) is 3.02. The fourth-order valence-electron chi connectivity index (χ4n) is 1.98. The molecule has 0 atom stereocenters. The lowest BCUT2D eigenvalue weighted by Crippen LogP contribution is -2.31. The van der Waals surface area contributed by atoms with Gasteiger partial charge in [-0.15, -0.1) is 0 Å². The van der Waals surface area contributed by atoms with Crippen LogP contribution in [0.25, 0.3) is 0 Å². The predicted octanol–water partition coefficient (Wildman–Crippen LogP) is 2.41. The lowest BCUT2D eigenvalue weighted by molar-refractivity contribution is 0.174. The van der Waals surface area contributed by atoms with Crippen LogP contribution >= 0.6 is 12.2 Å². The molecule has 5 nitrogen and oxygen atoms in total. The van der Waals surface area contributed by atoms with Gasteiger partial charge in [-0.1, -0.05) is 30.3 Å². The Morgan fingerprint density at radius 3 is 2.82 bits per heavy atom. The highest BCUT2D eigenvalue weighted by Crippen LogP contribution is 2.31. The van der Waals surface area contributed by atoms with E-state index in [9.17, 15) is 0 Å². The third kappa shape index (κ3) is 3.73. The molecule has 3 rings (SSSR count). The quantitative estimate of drug-likeness (QED) is 0.516. The smallest absolute Gasteiger partial charge is 0.231 e. The molecule has 2 aromatic rings. The van der Waals surface area contributed by atoms with E-state index in [1.807, 2.05) is 48.5 Å². The Morgan fingerprint density at radius 2 is 1.95 bits per heavy atom. The van der Waals surface area contributed by atoms with Gasteiger partial charge in [-0.05, 0) is 41.5 Å². The lowest BCUT2D eigenvalue weighted by atomic mass is 10.2. The summed E-state index contributed by atoms with van der Waals surface area (Å²) in [5.74, 6) is 1.49. The third-order valence-electron chi connectivity index (χ3n) is 3.07. The van der Waals surface area contributed by atoms with Crippen LogP contribution in [0.2, 0.25) is 0 Å². The summed E-state index contributed by atoms with van der Waals surface area (Å²) in [5.41, 5.74) is 4.85. The van der Waals surface area contributed by atoms with Gasteiger partial charge in [0.25, 0.3) is 0 Å². The molecular formula is C16H15N3O2S. The highest BCUT2D eigenvalue weighted by molar-refractivity contribution is 7.80. The minimum Gasteiger partial charge on any atom is -0.454 e. The zero-order valence-electron chi connectivity index (χ0n) is 11.8. The molecule has 112 valence electrons. The zero-order valence-corrected chi connectivity index (χ0v) is 12.6. The Morgan fingerprint density at radius 1 is 1.14 bits per heavy atom. The predicted molar refractivity (Wildman–Crippen MR) is 89.2 cm³/mol. The molecule has 1 aliphatic rings. The van der Waals surface area contributed by atoms with E-state index >= 15 is 0 Å². The van der Waals surface area contributed by atoms with Crippen molar-refractivity contribution in [3.8, 4) is 11.5 Å². The molecule has 0 aromatic heterocycles. The molecule has 0 fully saturated rings. The van der Waals surface area contributed by atoms with E-state index in [0.29, 0.717) is 11.7 Å². The van der Waals surface area contributed by atoms with E-state index in [-0.39, 0.29) is 6.79 Å². The molecule has 0 radical (unpaired) electrons. The molecule has 2 aromatic carbocycles. The van der Waals surface area contributed by atoms with Gasteiger partial charge in [-0.2, -0.15) is 5.10 Å². The van der Waals surface area contributed by atoms with Crippen LogP contribution in [0.15, 0.2) is 53.6 Å². The molecule has 0 bridgehead atoms. The highest BCUT2D eigenvalue weighted by Gasteiger charge is 2.12. The second-order valence-corrected chi connectivity index (χ2v) is 5.06. The lowest BCUT2D eigenvalue weighted by Gasteiger charge is -2.06. The molecule has 22 heavy (non-hydrogen) atoms. The van der Waals surface area contributed by atoms with E-state index < -0.39 is 0 Å². The molecule has 0 spiro atoms. The molecule has 1 aliphatic heterocycles. The van der Waals surface area contributed by atoms with Crippen molar-refractivity contribution in [1.82, 2.24) is 10.7 Å². The summed E-state index contributed by atoms with van der Waals surface area (Å²) < 4.78 is 10.6. The maximum atomic E-state index is 5.31. The summed E-state index contributed by atoms with van der Waals surface area (Å²) in [4.78, 5) is 0. The van der Waals surface area contributed by atoms with E-state index in [0.717, 1.165) is 22.6 Å². The largest absolute Gasteiger partial charge is 0.454 e. The Hall–Kier alpha value is -2.60. The monoisotopic (exact) mass is 313 g/mol. The van der Waals surface area contributed by atoms with Crippen molar-refractivity contribution in [2.24, 2.45) is 5.10 Å². The van der Waals surface area contributed by atoms with Crippen LogP contribution in [-0.2, 0) is 6.54 Å². The van der Waals surface area contributed by atoms with Crippen LogP contribution in [0.1, 0.15) is 11.1 Å². The summed E-state index contributed by atoms with van der Waals surface area (Å²) in [7, 11) is 0. The number of nitrogens with zero attached hydrogens (tertiary/aromatic N) is 1. The van der Waals surface area contributed by atoms with Crippen molar-refractivity contribution in [1.29, 1.82) is 0 Å². The van der Waals surface area contributed by atoms with Crippen LogP contribution in [0.4, 0.5) is 0 Å². The van der Waals surface area contributed by atoms with Gasteiger partial charge in [0.15, 0.2) is 16.6 Å². The SMILES string of the molecule is S=C(NCc1ccccc1)N/N=C\c1ccc2c(c1)OCO2. The number of fused-ring (bicyclic) bond motifs is 1. The van der Waals surface area contributed by atoms with Crippen molar-refractivity contribution >= 4 is 23.5 Å². The second kappa shape index (κ2) is 6.91. The summed E-state index contributed by atoms with van der Waals surface area (Å²) in [5, 5.41) is 7.67. The number of ether oxygens (including phenoxy) is 2. The molecule has 2 N–H and O–H groups in total. The van der Waals surface area contributed by atoms with Crippen LogP contribution in [0, 0.1) is 0 Å². The number of thiocarbonyl (C=S) groups is 1. The van der Waals surface area contributed by atoms with Gasteiger partial charge in [0.05, 0.1) is 6.21 Å². The zero-order chi connectivity index (χ0) is 15.2. The standard InChI is InChI=1S/C16H15N3O2S/c22-16(17-9-12-4-2-1-3-5-12)19-18-10-13-6-7-14-15(8-13)21-11-20-14/h1-8,10H,9,11H2,(H2,17,19,22)/b18-10-. The first kappa shape index (κ1) is 14.3. The van der Waals surface area contributed by atoms with Crippen LogP contribution in [0.5, 0.6) is 11.5 Å². The molecule has 6 heteroatoms. The number of hydrogen-bond donors (Lipinski definition) is 2. The average molecular weight is 313 g/mol. The maximum absolute atomic E-state index is 5.31.